The molecule has 0 aromatic rings. The van der Waals surface area contributed by atoms with Crippen molar-refractivity contribution >= 4 is 8.80 Å². The minimum Gasteiger partial charge on any atom is -0.377 e. The van der Waals surface area contributed by atoms with Gasteiger partial charge in [-0.3, -0.25) is 0 Å². The summed E-state index contributed by atoms with van der Waals surface area (Å²) in [6.45, 7) is 5.53. The monoisotopic (exact) mass is 221 g/mol. The normalized spacial score (nSPS) is 12.4. The lowest BCUT2D eigenvalue weighted by Crippen LogP contribution is -2.45. The molecule has 0 saturated heterocycles. The predicted octanol–water partition coefficient (Wildman–Crippen LogP) is 1.24. The minimum absolute atomic E-state index is 0.491. The summed E-state index contributed by atoms with van der Waals surface area (Å²) in [5.74, 6) is 0.491. The summed E-state index contributed by atoms with van der Waals surface area (Å²) in [5.41, 5.74) is 5.46. The van der Waals surface area contributed by atoms with E-state index in [0.717, 1.165) is 12.5 Å². The molecule has 0 bridgehead atoms. The van der Waals surface area contributed by atoms with E-state index in [1.165, 1.54) is 0 Å². The molecule has 0 heterocycles. The van der Waals surface area contributed by atoms with Gasteiger partial charge < -0.3 is 19.0 Å². The average molecular weight is 221 g/mol. The first-order valence-electron chi connectivity index (χ1n) is 5.04. The summed E-state index contributed by atoms with van der Waals surface area (Å²) in [6.07, 6.45) is 0.881. The Morgan fingerprint density at radius 3 is 2.14 bits per heavy atom. The van der Waals surface area contributed by atoms with Gasteiger partial charge in [-0.2, -0.15) is 0 Å². The summed E-state index contributed by atoms with van der Waals surface area (Å²) in [6, 6.07) is 0.795. The zero-order valence-corrected chi connectivity index (χ0v) is 10.7. The second kappa shape index (κ2) is 7.36. The molecule has 0 saturated carbocycles. The first-order valence-corrected chi connectivity index (χ1v) is 6.97. The van der Waals surface area contributed by atoms with Gasteiger partial charge in [0.05, 0.1) is 0 Å². The molecule has 0 fully saturated rings. The highest BCUT2D eigenvalue weighted by atomic mass is 28.4. The minimum atomic E-state index is -2.41. The summed E-state index contributed by atoms with van der Waals surface area (Å²) in [5, 5.41) is 0. The Balaban J connectivity index is 4.07. The van der Waals surface area contributed by atoms with Crippen molar-refractivity contribution in [1.29, 1.82) is 0 Å². The SMILES string of the molecule is CO[Si](CCCN)(OC)OCC(C)C. The van der Waals surface area contributed by atoms with E-state index in [9.17, 15) is 0 Å². The van der Waals surface area contributed by atoms with E-state index < -0.39 is 8.80 Å². The van der Waals surface area contributed by atoms with Crippen LogP contribution in [0.2, 0.25) is 6.04 Å². The van der Waals surface area contributed by atoms with Gasteiger partial charge >= 0.3 is 8.80 Å². The molecule has 0 atom stereocenters. The Kier molecular flexibility index (Phi) is 7.39. The molecule has 0 aliphatic carbocycles. The standard InChI is InChI=1S/C9H23NO3Si/c1-9(2)8-13-14(11-3,12-4)7-5-6-10/h9H,5-8,10H2,1-4H3. The van der Waals surface area contributed by atoms with E-state index in [1.54, 1.807) is 14.2 Å². The molecule has 0 aromatic carbocycles. The number of hydrogen-bond acceptors (Lipinski definition) is 4. The van der Waals surface area contributed by atoms with Crippen molar-refractivity contribution < 1.29 is 13.3 Å². The van der Waals surface area contributed by atoms with Gasteiger partial charge in [0.1, 0.15) is 0 Å². The quantitative estimate of drug-likeness (QED) is 0.627. The zero-order valence-electron chi connectivity index (χ0n) is 9.71. The Morgan fingerprint density at radius 1 is 1.21 bits per heavy atom. The van der Waals surface area contributed by atoms with E-state index in [2.05, 4.69) is 13.8 Å². The maximum atomic E-state index is 5.73. The lowest BCUT2D eigenvalue weighted by molar-refractivity contribution is 0.0865. The molecule has 0 amide bonds. The number of hydrogen-bond donors (Lipinski definition) is 1. The maximum Gasteiger partial charge on any atom is 0.500 e. The van der Waals surface area contributed by atoms with Crippen molar-refractivity contribution in [3.63, 3.8) is 0 Å². The van der Waals surface area contributed by atoms with Crippen molar-refractivity contribution in [3.8, 4) is 0 Å². The Bertz CT molecular complexity index is 140. The van der Waals surface area contributed by atoms with Gasteiger partial charge in [-0.1, -0.05) is 13.8 Å². The van der Waals surface area contributed by atoms with E-state index >= 15 is 0 Å². The van der Waals surface area contributed by atoms with Gasteiger partial charge in [0.15, 0.2) is 0 Å². The molecule has 0 aromatic heterocycles. The molecule has 5 heteroatoms. The Hall–Kier alpha value is 0.0569. The van der Waals surface area contributed by atoms with Gasteiger partial charge in [-0.25, -0.2) is 0 Å². The Labute approximate surface area is 88.1 Å². The fourth-order valence-corrected chi connectivity index (χ4v) is 3.27. The number of rotatable bonds is 8. The molecule has 0 spiro atoms. The molecule has 2 N–H and O–H groups in total. The third-order valence-corrected chi connectivity index (χ3v) is 4.76. The summed E-state index contributed by atoms with van der Waals surface area (Å²) in [4.78, 5) is 0. The van der Waals surface area contributed by atoms with Gasteiger partial charge in [-0.15, -0.1) is 0 Å². The summed E-state index contributed by atoms with van der Waals surface area (Å²) >= 11 is 0. The van der Waals surface area contributed by atoms with Crippen LogP contribution < -0.4 is 5.73 Å². The summed E-state index contributed by atoms with van der Waals surface area (Å²) < 4.78 is 16.5. The second-order valence-corrected chi connectivity index (χ2v) is 6.66. The molecule has 0 rings (SSSR count). The largest absolute Gasteiger partial charge is 0.500 e. The van der Waals surface area contributed by atoms with Crippen molar-refractivity contribution in [3.05, 3.63) is 0 Å². The first kappa shape index (κ1) is 14.1. The van der Waals surface area contributed by atoms with Crippen LogP contribution in [0.3, 0.4) is 0 Å². The van der Waals surface area contributed by atoms with Gasteiger partial charge in [0, 0.05) is 26.9 Å². The van der Waals surface area contributed by atoms with E-state index in [-0.39, 0.29) is 0 Å². The van der Waals surface area contributed by atoms with Crippen LogP contribution in [0.15, 0.2) is 0 Å². The molecular formula is C9H23NO3Si. The van der Waals surface area contributed by atoms with Crippen molar-refractivity contribution in [2.24, 2.45) is 11.7 Å². The maximum absolute atomic E-state index is 5.73. The van der Waals surface area contributed by atoms with Crippen LogP contribution in [0.25, 0.3) is 0 Å². The van der Waals surface area contributed by atoms with Crippen LogP contribution in [0.4, 0.5) is 0 Å². The predicted molar refractivity (Wildman–Crippen MR) is 59.0 cm³/mol. The number of nitrogens with two attached hydrogens (primary N) is 1. The highest BCUT2D eigenvalue weighted by Crippen LogP contribution is 2.16. The molecule has 86 valence electrons. The lowest BCUT2D eigenvalue weighted by atomic mass is 10.2. The van der Waals surface area contributed by atoms with Crippen molar-refractivity contribution in [2.75, 3.05) is 27.4 Å². The van der Waals surface area contributed by atoms with Crippen LogP contribution in [0.1, 0.15) is 20.3 Å². The van der Waals surface area contributed by atoms with Gasteiger partial charge in [0.25, 0.3) is 0 Å². The van der Waals surface area contributed by atoms with Crippen LogP contribution in [0, 0.1) is 5.92 Å². The average Bonchev–Trinajstić information content (AvgIpc) is 2.19. The molecule has 14 heavy (non-hydrogen) atoms. The highest BCUT2D eigenvalue weighted by Gasteiger charge is 2.38. The fourth-order valence-electron chi connectivity index (χ4n) is 1.09. The fraction of sp³-hybridized carbons (Fsp3) is 1.00. The second-order valence-electron chi connectivity index (χ2n) is 3.69. The van der Waals surface area contributed by atoms with E-state index in [1.807, 2.05) is 0 Å². The van der Waals surface area contributed by atoms with Crippen LogP contribution in [0.5, 0.6) is 0 Å². The van der Waals surface area contributed by atoms with Crippen molar-refractivity contribution in [2.45, 2.75) is 26.3 Å². The molecule has 0 radical (unpaired) electrons. The first-order chi connectivity index (χ1) is 6.60. The highest BCUT2D eigenvalue weighted by molar-refractivity contribution is 6.60. The summed E-state index contributed by atoms with van der Waals surface area (Å²) in [7, 11) is 0.884. The molecule has 0 aliphatic heterocycles. The van der Waals surface area contributed by atoms with E-state index in [4.69, 9.17) is 19.0 Å². The van der Waals surface area contributed by atoms with Gasteiger partial charge in [-0.05, 0) is 18.9 Å². The molecular weight excluding hydrogens is 198 g/mol. The lowest BCUT2D eigenvalue weighted by Gasteiger charge is -2.27. The third-order valence-electron chi connectivity index (χ3n) is 1.95. The zero-order chi connectivity index (χ0) is 11.0. The third kappa shape index (κ3) is 5.07. The van der Waals surface area contributed by atoms with Crippen LogP contribution in [-0.4, -0.2) is 36.2 Å². The van der Waals surface area contributed by atoms with Crippen LogP contribution >= 0.6 is 0 Å². The molecule has 0 unspecified atom stereocenters. The van der Waals surface area contributed by atoms with Crippen molar-refractivity contribution in [1.82, 2.24) is 0 Å². The Morgan fingerprint density at radius 2 is 1.79 bits per heavy atom. The molecule has 0 aliphatic rings. The topological polar surface area (TPSA) is 53.7 Å². The van der Waals surface area contributed by atoms with Crippen LogP contribution in [-0.2, 0) is 13.3 Å². The smallest absolute Gasteiger partial charge is 0.377 e. The van der Waals surface area contributed by atoms with Gasteiger partial charge in [0.2, 0.25) is 0 Å². The van der Waals surface area contributed by atoms with E-state index in [0.29, 0.717) is 19.1 Å². The molecule has 4 nitrogen and oxygen atoms in total.